The second-order valence-electron chi connectivity index (χ2n) is 30.7. The van der Waals surface area contributed by atoms with E-state index in [9.17, 15) is 105 Å². The van der Waals surface area contributed by atoms with E-state index in [0.29, 0.717) is 0 Å². The van der Waals surface area contributed by atoms with Crippen LogP contribution in [0.2, 0.25) is 129 Å². The summed E-state index contributed by atoms with van der Waals surface area (Å²) in [5, 5.41) is 0. The number of alkyl halides is 32. The van der Waals surface area contributed by atoms with Crippen LogP contribution in [0.15, 0.2) is 0 Å². The van der Waals surface area contributed by atoms with Gasteiger partial charge in [0.05, 0.1) is 26.4 Å². The van der Waals surface area contributed by atoms with E-state index in [-0.39, 0.29) is 0 Å². The fraction of sp³-hybridized carbons (Fsp3) is 1.00. The summed E-state index contributed by atoms with van der Waals surface area (Å²) in [6.07, 6.45) is -30.5. The molecule has 6 aliphatic rings. The van der Waals surface area contributed by atoms with Gasteiger partial charge in [-0.25, -0.2) is 0 Å². The zero-order valence-electron chi connectivity index (χ0n) is 66.4. The van der Waals surface area contributed by atoms with E-state index in [4.69, 9.17) is 82.3 Å². The van der Waals surface area contributed by atoms with Crippen LogP contribution in [0, 0.1) is 0 Å². The molecule has 0 spiro atoms. The van der Waals surface area contributed by atoms with Gasteiger partial charge in [-0.15, -0.1) is 0 Å². The Bertz CT molecular complexity index is 3250. The van der Waals surface area contributed by atoms with Crippen molar-refractivity contribution in [3.63, 3.8) is 0 Å². The second kappa shape index (κ2) is 35.7. The average Bonchev–Trinajstić information content (AvgIpc) is 0.677. The summed E-state index contributed by atoms with van der Waals surface area (Å²) in [7, 11) is -82.4. The van der Waals surface area contributed by atoms with E-state index in [1.807, 2.05) is 0 Å². The molecule has 8 unspecified atom stereocenters. The van der Waals surface area contributed by atoms with Gasteiger partial charge >= 0.3 is 168 Å². The molecule has 0 aliphatic carbocycles. The van der Waals surface area contributed by atoms with Gasteiger partial charge in [0, 0.05) is 27.7 Å². The monoisotopic (exact) mass is 2100 g/mol. The summed E-state index contributed by atoms with van der Waals surface area (Å²) in [6, 6.07) is -3.78. The minimum atomic E-state index is -7.03. The molecule has 0 saturated carbocycles. The molecule has 0 amide bonds. The van der Waals surface area contributed by atoms with Crippen LogP contribution >= 0.6 is 0 Å². The number of hydrogen-bond acceptors (Lipinski definition) is 24. The average molecular weight is 2100 g/mol. The van der Waals surface area contributed by atoms with Gasteiger partial charge in [-0.3, -0.25) is 0 Å². The topological polar surface area (TPSA) is 222 Å². The molecule has 6 rings (SSSR count). The third kappa shape index (κ3) is 24.0. The maximum absolute atomic E-state index is 15.2. The van der Waals surface area contributed by atoms with Gasteiger partial charge in [0.2, 0.25) is 0 Å². The zero-order valence-corrected chi connectivity index (χ0v) is 82.4. The highest BCUT2D eigenvalue weighted by atomic mass is 28.7. The third-order valence-electron chi connectivity index (χ3n) is 16.0. The smallest absolute Gasteiger partial charge is 0.395 e. The Hall–Kier alpha value is 0.270. The summed E-state index contributed by atoms with van der Waals surface area (Å²) in [5.74, 6) is -78.8. The second-order valence-corrected chi connectivity index (χ2v) is 78.4. The van der Waals surface area contributed by atoms with Gasteiger partial charge in [0.15, 0.2) is 69.4 Å². The first-order chi connectivity index (χ1) is 52.8. The van der Waals surface area contributed by atoms with E-state index < -0.39 is 341 Å². The summed E-state index contributed by atoms with van der Waals surface area (Å²) in [5.41, 5.74) is 0. The minimum absolute atomic E-state index is 0.820. The molecule has 708 valence electrons. The van der Waals surface area contributed by atoms with Crippen molar-refractivity contribution in [3.8, 4) is 0 Å². The van der Waals surface area contributed by atoms with Crippen molar-refractivity contribution in [2.45, 2.75) is 278 Å². The lowest BCUT2D eigenvalue weighted by atomic mass is 10.1. The van der Waals surface area contributed by atoms with Crippen LogP contribution in [-0.2, 0) is 101 Å². The van der Waals surface area contributed by atoms with E-state index in [1.165, 1.54) is 52.4 Å². The maximum Gasteiger partial charge on any atom is 0.651 e. The lowest BCUT2D eigenvalue weighted by molar-refractivity contribution is -0.425. The van der Waals surface area contributed by atoms with E-state index in [1.54, 1.807) is 0 Å². The van der Waals surface area contributed by atoms with Crippen molar-refractivity contribution < 1.29 is 242 Å². The highest BCUT2D eigenvalue weighted by molar-refractivity contribution is 7.03. The predicted molar refractivity (Wildman–Crippen MR) is 371 cm³/mol. The van der Waals surface area contributed by atoms with Crippen molar-refractivity contribution in [2.75, 3.05) is 26.4 Å². The molecule has 6 heterocycles. The van der Waals surface area contributed by atoms with Crippen LogP contribution in [0.3, 0.4) is 0 Å². The molecule has 0 aromatic carbocycles. The molecule has 6 fully saturated rings. The van der Waals surface area contributed by atoms with Crippen LogP contribution in [0.4, 0.5) is 140 Å². The molecule has 4 radical (unpaired) electrons. The first kappa shape index (κ1) is 111. The van der Waals surface area contributed by atoms with E-state index >= 15 is 35.1 Å². The first-order valence-corrected chi connectivity index (χ1v) is 69.8. The Kier molecular flexibility index (Phi) is 32.9. The summed E-state index contributed by atoms with van der Waals surface area (Å²) in [4.78, 5) is 0. The van der Waals surface area contributed by atoms with Crippen molar-refractivity contribution >= 4 is 142 Å². The van der Waals surface area contributed by atoms with Crippen LogP contribution < -0.4 is 0 Å². The molecule has 0 aromatic rings. The molecule has 0 aromatic heterocycles. The summed E-state index contributed by atoms with van der Waals surface area (Å²) in [6.45, 7) is 7.65. The fourth-order valence-corrected chi connectivity index (χ4v) is 75.5. The zero-order chi connectivity index (χ0) is 93.8. The maximum atomic E-state index is 15.2. The molecule has 8 atom stereocenters. The molecule has 72 heteroatoms. The van der Waals surface area contributed by atoms with Crippen LogP contribution in [0.5, 0.6) is 0 Å². The van der Waals surface area contributed by atoms with E-state index in [2.05, 4.69) is 18.9 Å². The Morgan fingerprint density at radius 2 is 0.342 bits per heavy atom. The number of rotatable bonds is 48. The Labute approximate surface area is 684 Å². The Morgan fingerprint density at radius 3 is 0.467 bits per heavy atom. The van der Waals surface area contributed by atoms with Gasteiger partial charge in [0.25, 0.3) is 0 Å². The quantitative estimate of drug-likeness (QED) is 0.0314. The van der Waals surface area contributed by atoms with Gasteiger partial charge in [0.1, 0.15) is 0 Å². The third-order valence-corrected chi connectivity index (χ3v) is 69.6. The van der Waals surface area contributed by atoms with Crippen molar-refractivity contribution in [3.05, 3.63) is 0 Å². The molecule has 120 heavy (non-hydrogen) atoms. The highest BCUT2D eigenvalue weighted by Crippen LogP contribution is 2.60. The number of ether oxygens (including phenoxy) is 4. The normalized spacial score (nSPS) is 27.8. The molecule has 0 N–H and O–H groups in total. The lowest BCUT2D eigenvalue weighted by Gasteiger charge is -2.60. The van der Waals surface area contributed by atoms with Crippen LogP contribution in [0.25, 0.3) is 0 Å². The molecule has 6 aliphatic heterocycles. The summed E-state index contributed by atoms with van der Waals surface area (Å²) >= 11 is 0. The fourth-order valence-electron chi connectivity index (χ4n) is 10.4. The molecule has 6 saturated heterocycles. The Morgan fingerprint density at radius 1 is 0.217 bits per heavy atom. The number of halogens is 32. The summed E-state index contributed by atoms with van der Waals surface area (Å²) < 4.78 is 618. The van der Waals surface area contributed by atoms with Gasteiger partial charge < -0.3 is 101 Å². The highest BCUT2D eigenvalue weighted by Gasteiger charge is 2.93. The first-order valence-electron chi connectivity index (χ1n) is 34.6. The molecular formula is C48H84F32O24Si16. The van der Waals surface area contributed by atoms with Crippen molar-refractivity contribution in [2.24, 2.45) is 0 Å². The van der Waals surface area contributed by atoms with Gasteiger partial charge in [-0.2, -0.15) is 140 Å². The largest absolute Gasteiger partial charge is 0.651 e. The molecule has 8 bridgehead atoms. The SMILES string of the molecule is C[Si](C)O[Si]12O[Si]3(O[Si](C)C)O[Si]4(O[Si](C)C)O[Si](O[Si](C)(C)CCCOC(F)(F)C(F)(F)C(F)(F)C(C)(F)F)(O1)O[Si]1(O[Si](C)(C)CCCOC(F)(F)C(F)(F)C(F)(F)C(C)(F)F)O[Si](O[Si](C)C)(O2)O[Si](O[Si](C)(C)CCCOC(F)(F)C(F)(F)C(F)(F)C(C)(F)F)(O3)O[Si](O[Si](C)(C)CCCOC(F)(F)C(F)(F)C(F)(F)C(C)(F)F)(O4)O1. The van der Waals surface area contributed by atoms with Crippen molar-refractivity contribution in [1.29, 1.82) is 0 Å². The van der Waals surface area contributed by atoms with E-state index in [0.717, 1.165) is 52.4 Å². The molecule has 24 nitrogen and oxygen atoms in total. The molecular weight excluding hydrogens is 2020 g/mol. The predicted octanol–water partition coefficient (Wildman–Crippen LogP) is 17.4. The lowest BCUT2D eigenvalue weighted by Crippen LogP contribution is -2.92. The van der Waals surface area contributed by atoms with Crippen LogP contribution in [0.1, 0.15) is 53.4 Å². The standard InChI is InChI=1S/C48H84F32O24Si16/c1-33(49,50)37(57,58)41(65,66)45(73,74)81-25-21-29-109(13,14)89-117-96-113(85-105(5)6)93-114(86-106(7)8)95-115(98-117,87-107(9)10)100-120(92-112(19,20)32-24-28-84-48(79,80)44(71,72)40(63,64)36(4,55)56)103-118(97-114,90-110(15,16)30-22-26-82-46(75,76)42(67,68)38(59,60)34(2,51)52)99-116(94-113,88-108(11)12)101-119(102-117,104-120)91-111(17,18)31-23-27-83-47(77,78)43(69,70)39(61,62)35(3,53)54/h21-32H2,1-20H3. The van der Waals surface area contributed by atoms with Crippen LogP contribution in [-0.4, -0.2) is 264 Å². The van der Waals surface area contributed by atoms with Crippen molar-refractivity contribution in [1.82, 2.24) is 0 Å². The number of hydrogen-bond donors (Lipinski definition) is 0. The minimum Gasteiger partial charge on any atom is -0.395 e. The van der Waals surface area contributed by atoms with Gasteiger partial charge in [-0.1, -0.05) is 0 Å². The Balaban J connectivity index is 1.95. The van der Waals surface area contributed by atoms with Gasteiger partial charge in [-0.05, 0) is 155 Å².